The molecule has 0 aliphatic carbocycles. The molecule has 3 rings (SSSR count). The Hall–Kier alpha value is -1.56. The van der Waals surface area contributed by atoms with E-state index in [0.717, 1.165) is 17.1 Å². The van der Waals surface area contributed by atoms with Crippen LogP contribution >= 0.6 is 35.0 Å². The fourth-order valence-corrected chi connectivity index (χ4v) is 3.39. The number of hydrogen-bond acceptors (Lipinski definition) is 4. The van der Waals surface area contributed by atoms with Crippen LogP contribution in [0.15, 0.2) is 41.3 Å². The lowest BCUT2D eigenvalue weighted by Gasteiger charge is -2.10. The fourth-order valence-electron chi connectivity index (χ4n) is 2.18. The summed E-state index contributed by atoms with van der Waals surface area (Å²) in [5.74, 6) is 1.51. The number of carbonyl (C=O) groups is 1. The van der Waals surface area contributed by atoms with E-state index in [2.05, 4.69) is 5.32 Å². The van der Waals surface area contributed by atoms with Crippen LogP contribution in [0.1, 0.15) is 6.42 Å². The van der Waals surface area contributed by atoms with Crippen LogP contribution in [0.4, 0.5) is 5.69 Å². The zero-order chi connectivity index (χ0) is 16.9. The van der Waals surface area contributed by atoms with Crippen LogP contribution in [0.2, 0.25) is 10.0 Å². The van der Waals surface area contributed by atoms with E-state index in [1.807, 2.05) is 18.2 Å². The summed E-state index contributed by atoms with van der Waals surface area (Å²) in [6, 6.07) is 10.8. The number of nitrogens with one attached hydrogen (secondary N) is 1. The topological polar surface area (TPSA) is 47.6 Å². The largest absolute Gasteiger partial charge is 0.490 e. The Morgan fingerprint density at radius 3 is 2.54 bits per heavy atom. The number of ether oxygens (including phenoxy) is 2. The van der Waals surface area contributed by atoms with E-state index in [9.17, 15) is 4.79 Å². The maximum Gasteiger partial charge on any atom is 0.234 e. The molecule has 1 heterocycles. The monoisotopic (exact) mass is 383 g/mol. The highest BCUT2D eigenvalue weighted by Crippen LogP contribution is 2.34. The van der Waals surface area contributed by atoms with E-state index in [-0.39, 0.29) is 11.7 Å². The minimum absolute atomic E-state index is 0.179. The molecule has 24 heavy (non-hydrogen) atoms. The Balaban J connectivity index is 1.61. The van der Waals surface area contributed by atoms with Gasteiger partial charge in [-0.15, -0.1) is 11.8 Å². The molecule has 0 unspecified atom stereocenters. The van der Waals surface area contributed by atoms with Crippen molar-refractivity contribution in [2.75, 3.05) is 24.3 Å². The smallest absolute Gasteiger partial charge is 0.234 e. The molecule has 4 nitrogen and oxygen atoms in total. The minimum atomic E-state index is -0.179. The Bertz CT molecular complexity index is 734. The molecule has 1 N–H and O–H groups in total. The van der Waals surface area contributed by atoms with Gasteiger partial charge in [-0.2, -0.15) is 0 Å². The van der Waals surface area contributed by atoms with Crippen LogP contribution < -0.4 is 14.8 Å². The quantitative estimate of drug-likeness (QED) is 0.763. The zero-order valence-corrected chi connectivity index (χ0v) is 15.0. The first-order chi connectivity index (χ1) is 11.6. The summed E-state index contributed by atoms with van der Waals surface area (Å²) < 4.78 is 11.2. The minimum Gasteiger partial charge on any atom is -0.490 e. The predicted molar refractivity (Wildman–Crippen MR) is 97.9 cm³/mol. The zero-order valence-electron chi connectivity index (χ0n) is 12.7. The second kappa shape index (κ2) is 8.01. The molecule has 0 saturated heterocycles. The molecule has 2 aromatic rings. The van der Waals surface area contributed by atoms with E-state index in [4.69, 9.17) is 32.7 Å². The molecule has 0 radical (unpaired) electrons. The third-order valence-electron chi connectivity index (χ3n) is 3.32. The maximum atomic E-state index is 12.1. The van der Waals surface area contributed by atoms with E-state index >= 15 is 0 Å². The van der Waals surface area contributed by atoms with Crippen molar-refractivity contribution >= 4 is 46.6 Å². The number of thioether (sulfide) groups is 1. The van der Waals surface area contributed by atoms with Crippen LogP contribution in [0.25, 0.3) is 0 Å². The molecule has 1 amide bonds. The highest BCUT2D eigenvalue weighted by molar-refractivity contribution is 8.00. The van der Waals surface area contributed by atoms with Crippen LogP contribution in [0, 0.1) is 0 Å². The number of para-hydroxylation sites is 1. The summed E-state index contributed by atoms with van der Waals surface area (Å²) in [6.07, 6.45) is 0.859. The third kappa shape index (κ3) is 4.29. The Morgan fingerprint density at radius 1 is 1.08 bits per heavy atom. The molecule has 0 spiro atoms. The van der Waals surface area contributed by atoms with Gasteiger partial charge in [0.25, 0.3) is 0 Å². The first-order valence-corrected chi connectivity index (χ1v) is 9.14. The van der Waals surface area contributed by atoms with Crippen molar-refractivity contribution < 1.29 is 14.3 Å². The average molecular weight is 384 g/mol. The average Bonchev–Trinajstić information content (AvgIpc) is 2.81. The van der Waals surface area contributed by atoms with Gasteiger partial charge in [-0.05, 0) is 30.3 Å². The van der Waals surface area contributed by atoms with Gasteiger partial charge in [0.15, 0.2) is 11.5 Å². The Labute approximate surface area is 154 Å². The summed E-state index contributed by atoms with van der Waals surface area (Å²) in [5.41, 5.74) is 0.435. The van der Waals surface area contributed by atoms with Crippen molar-refractivity contribution in [3.8, 4) is 11.5 Å². The lowest BCUT2D eigenvalue weighted by atomic mass is 10.3. The normalized spacial score (nSPS) is 13.2. The summed E-state index contributed by atoms with van der Waals surface area (Å²) in [4.78, 5) is 13.1. The molecule has 2 aromatic carbocycles. The molecule has 1 aliphatic rings. The van der Waals surface area contributed by atoms with Crippen molar-refractivity contribution in [1.29, 1.82) is 0 Å². The lowest BCUT2D eigenvalue weighted by molar-refractivity contribution is -0.113. The van der Waals surface area contributed by atoms with Crippen LogP contribution in [-0.2, 0) is 4.79 Å². The van der Waals surface area contributed by atoms with Crippen LogP contribution in [-0.4, -0.2) is 24.9 Å². The molecule has 0 aromatic heterocycles. The van der Waals surface area contributed by atoms with Gasteiger partial charge in [-0.25, -0.2) is 0 Å². The summed E-state index contributed by atoms with van der Waals surface area (Å²) in [6.45, 7) is 1.28. The number of carbonyl (C=O) groups excluding carboxylic acids is 1. The van der Waals surface area contributed by atoms with Crippen molar-refractivity contribution in [3.63, 3.8) is 0 Å². The molecule has 126 valence electrons. The molecule has 0 saturated carbocycles. The summed E-state index contributed by atoms with van der Waals surface area (Å²) >= 11 is 13.5. The molecule has 1 aliphatic heterocycles. The Morgan fingerprint density at radius 2 is 1.79 bits per heavy atom. The predicted octanol–water partition coefficient (Wildman–Crippen LogP) is 4.89. The van der Waals surface area contributed by atoms with E-state index in [0.29, 0.717) is 34.7 Å². The maximum absolute atomic E-state index is 12.1. The van der Waals surface area contributed by atoms with Crippen molar-refractivity contribution in [2.24, 2.45) is 0 Å². The van der Waals surface area contributed by atoms with Gasteiger partial charge in [-0.1, -0.05) is 29.3 Å². The third-order valence-corrected chi connectivity index (χ3v) is 4.94. The van der Waals surface area contributed by atoms with E-state index < -0.39 is 0 Å². The first-order valence-electron chi connectivity index (χ1n) is 7.40. The second-order valence-electron chi connectivity index (χ2n) is 5.09. The Kier molecular flexibility index (Phi) is 5.76. The number of benzene rings is 2. The van der Waals surface area contributed by atoms with Gasteiger partial charge in [0.1, 0.15) is 0 Å². The number of amides is 1. The molecular formula is C17H15Cl2NO3S. The van der Waals surface area contributed by atoms with Crippen LogP contribution in [0.5, 0.6) is 11.5 Å². The second-order valence-corrected chi connectivity index (χ2v) is 6.96. The molecule has 0 fully saturated rings. The number of anilines is 1. The first kappa shape index (κ1) is 17.3. The van der Waals surface area contributed by atoms with Crippen molar-refractivity contribution in [1.82, 2.24) is 0 Å². The lowest BCUT2D eigenvalue weighted by Crippen LogP contribution is -2.14. The van der Waals surface area contributed by atoms with E-state index in [1.54, 1.807) is 18.2 Å². The standard InChI is InChI=1S/C17H15Cl2NO3S/c18-12-3-1-4-13(19)17(12)20-16(21)10-24-11-5-6-14-15(9-11)23-8-2-7-22-14/h1,3-6,9H,2,7-8,10H2,(H,20,21). The van der Waals surface area contributed by atoms with Gasteiger partial charge in [0, 0.05) is 11.3 Å². The van der Waals surface area contributed by atoms with Gasteiger partial charge in [-0.3, -0.25) is 4.79 Å². The highest BCUT2D eigenvalue weighted by atomic mass is 35.5. The van der Waals surface area contributed by atoms with E-state index in [1.165, 1.54) is 11.8 Å². The number of fused-ring (bicyclic) bond motifs is 1. The fraction of sp³-hybridized carbons (Fsp3) is 0.235. The molecule has 0 bridgehead atoms. The van der Waals surface area contributed by atoms with Crippen molar-refractivity contribution in [2.45, 2.75) is 11.3 Å². The molecular weight excluding hydrogens is 369 g/mol. The SMILES string of the molecule is O=C(CSc1ccc2c(c1)OCCCO2)Nc1c(Cl)cccc1Cl. The van der Waals surface area contributed by atoms with Gasteiger partial charge < -0.3 is 14.8 Å². The summed E-state index contributed by atoms with van der Waals surface area (Å²) in [5, 5.41) is 3.57. The summed E-state index contributed by atoms with van der Waals surface area (Å²) in [7, 11) is 0. The van der Waals surface area contributed by atoms with Crippen molar-refractivity contribution in [3.05, 3.63) is 46.4 Å². The number of rotatable bonds is 4. The van der Waals surface area contributed by atoms with Crippen LogP contribution in [0.3, 0.4) is 0 Å². The molecule has 7 heteroatoms. The number of halogens is 2. The van der Waals surface area contributed by atoms with Gasteiger partial charge in [0.2, 0.25) is 5.91 Å². The number of hydrogen-bond donors (Lipinski definition) is 1. The van der Waals surface area contributed by atoms with Gasteiger partial charge >= 0.3 is 0 Å². The van der Waals surface area contributed by atoms with Gasteiger partial charge in [0.05, 0.1) is 34.7 Å². The highest BCUT2D eigenvalue weighted by Gasteiger charge is 2.13. The molecule has 0 atom stereocenters.